The van der Waals surface area contributed by atoms with Gasteiger partial charge in [-0.3, -0.25) is 9.59 Å². The number of aliphatic carboxylic acids is 1. The average molecular weight is 489 g/mol. The van der Waals surface area contributed by atoms with E-state index in [2.05, 4.69) is 29.8 Å². The molecule has 5 heteroatoms. The molecular weight excluding hydrogens is 456 g/mol. The smallest absolute Gasteiger partial charge is 0.303 e. The van der Waals surface area contributed by atoms with Crippen LogP contribution in [0.25, 0.3) is 0 Å². The molecule has 1 unspecified atom stereocenters. The summed E-state index contributed by atoms with van der Waals surface area (Å²) in [5, 5.41) is 9.20. The van der Waals surface area contributed by atoms with E-state index in [1.807, 2.05) is 12.1 Å². The minimum absolute atomic E-state index is 0.0568. The Kier molecular flexibility index (Phi) is 5.27. The van der Waals surface area contributed by atoms with Crippen LogP contribution >= 0.6 is 15.9 Å². The van der Waals surface area contributed by atoms with E-state index in [0.717, 1.165) is 29.5 Å². The molecule has 31 heavy (non-hydrogen) atoms. The van der Waals surface area contributed by atoms with Crippen molar-refractivity contribution in [1.82, 2.24) is 0 Å². The highest BCUT2D eigenvalue weighted by Crippen LogP contribution is 2.67. The topological polar surface area (TPSA) is 67.5 Å². The van der Waals surface area contributed by atoms with E-state index in [1.54, 1.807) is 6.26 Å². The molecule has 1 aromatic rings. The highest BCUT2D eigenvalue weighted by Gasteiger charge is 2.59. The summed E-state index contributed by atoms with van der Waals surface area (Å²) in [5.74, 6) is 2.67. The molecule has 5 rings (SSSR count). The molecule has 4 aliphatic rings. The molecule has 0 amide bonds. The zero-order valence-corrected chi connectivity index (χ0v) is 20.1. The summed E-state index contributed by atoms with van der Waals surface area (Å²) >= 11 is 3.46. The van der Waals surface area contributed by atoms with Crippen molar-refractivity contribution in [2.45, 2.75) is 77.6 Å². The second-order valence-corrected chi connectivity index (χ2v) is 12.0. The van der Waals surface area contributed by atoms with Gasteiger partial charge >= 0.3 is 5.97 Å². The lowest BCUT2D eigenvalue weighted by atomic mass is 9.46. The predicted octanol–water partition coefficient (Wildman–Crippen LogP) is 6.75. The molecule has 0 spiro atoms. The number of carbonyl (C=O) groups is 2. The first-order valence-corrected chi connectivity index (χ1v) is 12.7. The van der Waals surface area contributed by atoms with Crippen LogP contribution in [-0.2, 0) is 9.59 Å². The molecule has 0 aromatic carbocycles. The van der Waals surface area contributed by atoms with Gasteiger partial charge in [0.1, 0.15) is 12.0 Å². The second kappa shape index (κ2) is 7.60. The Hall–Kier alpha value is -1.36. The Morgan fingerprint density at radius 3 is 2.74 bits per heavy atom. The SMILES string of the molecule is C[C@]12CC[C@H]3[C@@H](CCC4=CC(=O)C(c5cc(Br)co5)C[C@@]43C)[C@@H]1CC[C@@H]2CCC(=O)O. The normalized spacial score (nSPS) is 41.8. The number of carboxylic acids is 1. The number of carboxylic acid groups (broad SMARTS) is 1. The first-order valence-electron chi connectivity index (χ1n) is 11.9. The Morgan fingerprint density at radius 2 is 2.03 bits per heavy atom. The van der Waals surface area contributed by atoms with Crippen molar-refractivity contribution in [3.8, 4) is 0 Å². The van der Waals surface area contributed by atoms with Gasteiger partial charge in [0.15, 0.2) is 5.78 Å². The van der Waals surface area contributed by atoms with Gasteiger partial charge in [0.2, 0.25) is 0 Å². The molecule has 0 saturated heterocycles. The quantitative estimate of drug-likeness (QED) is 0.508. The predicted molar refractivity (Wildman–Crippen MR) is 122 cm³/mol. The fraction of sp³-hybridized carbons (Fsp3) is 0.692. The van der Waals surface area contributed by atoms with Crippen LogP contribution in [0.5, 0.6) is 0 Å². The van der Waals surface area contributed by atoms with Crippen LogP contribution in [-0.4, -0.2) is 16.9 Å². The monoisotopic (exact) mass is 488 g/mol. The molecule has 0 bridgehead atoms. The summed E-state index contributed by atoms with van der Waals surface area (Å²) < 4.78 is 6.63. The maximum Gasteiger partial charge on any atom is 0.303 e. The van der Waals surface area contributed by atoms with Crippen LogP contribution in [0.4, 0.5) is 0 Å². The summed E-state index contributed by atoms with van der Waals surface area (Å²) in [4.78, 5) is 24.1. The number of carbonyl (C=O) groups excluding carboxylic acids is 1. The summed E-state index contributed by atoms with van der Waals surface area (Å²) in [6, 6.07) is 1.95. The fourth-order valence-corrected chi connectivity index (χ4v) is 8.59. The van der Waals surface area contributed by atoms with Gasteiger partial charge in [0.05, 0.1) is 10.4 Å². The summed E-state index contributed by atoms with van der Waals surface area (Å²) in [6.07, 6.45) is 12.6. The molecule has 4 aliphatic carbocycles. The Balaban J connectivity index is 1.41. The number of fused-ring (bicyclic) bond motifs is 5. The van der Waals surface area contributed by atoms with Gasteiger partial charge in [-0.15, -0.1) is 0 Å². The molecule has 4 nitrogen and oxygen atoms in total. The van der Waals surface area contributed by atoms with Gasteiger partial charge in [-0.25, -0.2) is 0 Å². The van der Waals surface area contributed by atoms with E-state index in [0.29, 0.717) is 30.1 Å². The van der Waals surface area contributed by atoms with E-state index in [1.165, 1.54) is 37.7 Å². The molecule has 168 valence electrons. The Bertz CT molecular complexity index is 932. The van der Waals surface area contributed by atoms with Crippen LogP contribution in [0.3, 0.4) is 0 Å². The molecule has 7 atom stereocenters. The van der Waals surface area contributed by atoms with Crippen molar-refractivity contribution in [2.24, 2.45) is 34.5 Å². The van der Waals surface area contributed by atoms with E-state index >= 15 is 0 Å². The molecular formula is C26H33BrO4. The van der Waals surface area contributed by atoms with Gasteiger partial charge < -0.3 is 9.52 Å². The van der Waals surface area contributed by atoms with Gasteiger partial charge in [0.25, 0.3) is 0 Å². The highest BCUT2D eigenvalue weighted by atomic mass is 79.9. The highest BCUT2D eigenvalue weighted by molar-refractivity contribution is 9.10. The molecule has 0 radical (unpaired) electrons. The van der Waals surface area contributed by atoms with E-state index < -0.39 is 5.97 Å². The minimum Gasteiger partial charge on any atom is -0.481 e. The van der Waals surface area contributed by atoms with Crippen LogP contribution in [0.2, 0.25) is 0 Å². The zero-order valence-electron chi connectivity index (χ0n) is 18.5. The van der Waals surface area contributed by atoms with Gasteiger partial charge in [-0.05, 0) is 114 Å². The maximum absolute atomic E-state index is 13.0. The molecule has 3 fully saturated rings. The van der Waals surface area contributed by atoms with Gasteiger partial charge in [0, 0.05) is 6.42 Å². The van der Waals surface area contributed by atoms with Gasteiger partial charge in [-0.1, -0.05) is 19.4 Å². The number of rotatable bonds is 4. The fourth-order valence-electron chi connectivity index (χ4n) is 8.28. The minimum atomic E-state index is -0.664. The molecule has 3 saturated carbocycles. The number of halogens is 1. The average Bonchev–Trinajstić information content (AvgIpc) is 3.29. The largest absolute Gasteiger partial charge is 0.481 e. The molecule has 1 heterocycles. The van der Waals surface area contributed by atoms with Crippen LogP contribution in [0.1, 0.15) is 83.3 Å². The van der Waals surface area contributed by atoms with Crippen LogP contribution < -0.4 is 0 Å². The van der Waals surface area contributed by atoms with Crippen LogP contribution in [0, 0.1) is 34.5 Å². The van der Waals surface area contributed by atoms with Crippen molar-refractivity contribution in [1.29, 1.82) is 0 Å². The molecule has 1 N–H and O–H groups in total. The first-order chi connectivity index (χ1) is 14.7. The number of hydrogen-bond donors (Lipinski definition) is 1. The lowest BCUT2D eigenvalue weighted by molar-refractivity contribution is -0.137. The van der Waals surface area contributed by atoms with E-state index in [9.17, 15) is 14.7 Å². The van der Waals surface area contributed by atoms with E-state index in [4.69, 9.17) is 4.42 Å². The third-order valence-electron chi connectivity index (χ3n) is 9.86. The van der Waals surface area contributed by atoms with Crippen molar-refractivity contribution in [3.63, 3.8) is 0 Å². The summed E-state index contributed by atoms with van der Waals surface area (Å²) in [5.41, 5.74) is 1.70. The Labute approximate surface area is 193 Å². The Morgan fingerprint density at radius 1 is 1.23 bits per heavy atom. The maximum atomic E-state index is 13.0. The van der Waals surface area contributed by atoms with Crippen molar-refractivity contribution < 1.29 is 19.1 Å². The number of ketones is 1. The third-order valence-corrected chi connectivity index (χ3v) is 10.3. The summed E-state index contributed by atoms with van der Waals surface area (Å²) in [7, 11) is 0. The lowest BCUT2D eigenvalue weighted by Gasteiger charge is -2.58. The zero-order chi connectivity index (χ0) is 22.0. The third kappa shape index (κ3) is 3.37. The summed E-state index contributed by atoms with van der Waals surface area (Å²) in [6.45, 7) is 4.86. The van der Waals surface area contributed by atoms with Crippen LogP contribution in [0.15, 0.2) is 32.9 Å². The molecule has 1 aromatic heterocycles. The van der Waals surface area contributed by atoms with Crippen molar-refractivity contribution in [2.75, 3.05) is 0 Å². The van der Waals surface area contributed by atoms with Crippen molar-refractivity contribution in [3.05, 3.63) is 34.2 Å². The first kappa shape index (κ1) is 21.5. The van der Waals surface area contributed by atoms with E-state index in [-0.39, 0.29) is 22.5 Å². The second-order valence-electron chi connectivity index (χ2n) is 11.1. The van der Waals surface area contributed by atoms with Gasteiger partial charge in [-0.2, -0.15) is 0 Å². The number of furan rings is 1. The van der Waals surface area contributed by atoms with Crippen molar-refractivity contribution >= 4 is 27.7 Å². The molecule has 0 aliphatic heterocycles. The lowest BCUT2D eigenvalue weighted by Crippen LogP contribution is -2.51. The number of hydrogen-bond acceptors (Lipinski definition) is 3. The number of allylic oxidation sites excluding steroid dienone is 1. The standard InChI is InChI=1S/C26H33BrO4/c1-25-10-9-21-18(20(25)7-4-15(25)5-8-24(29)30)6-3-16-11-22(28)19(13-26(16,21)2)23-12-17(27)14-31-23/h11-12,14-15,18-21H,3-10,13H2,1-2H3,(H,29,30)/t15-,18+,19?,20+,21+,25-,26+/m1/s1.